The number of benzene rings is 2. The van der Waals surface area contributed by atoms with Crippen molar-refractivity contribution in [2.75, 3.05) is 0 Å². The van der Waals surface area contributed by atoms with E-state index in [4.69, 9.17) is 0 Å². The number of rotatable bonds is 0. The molecule has 3 rings (SSSR count). The zero-order valence-corrected chi connectivity index (χ0v) is 9.54. The molecule has 1 aliphatic rings. The van der Waals surface area contributed by atoms with Crippen molar-refractivity contribution in [1.29, 1.82) is 0 Å². The Bertz CT molecular complexity index is 485. The van der Waals surface area contributed by atoms with E-state index in [-0.39, 0.29) is 5.78 Å². The third-order valence-corrected chi connectivity index (χ3v) is 2.53. The van der Waals surface area contributed by atoms with Crippen molar-refractivity contribution in [3.05, 3.63) is 77.9 Å². The smallest absolute Gasteiger partial charge is 0.167 e. The molecule has 0 N–H and O–H groups in total. The molecule has 0 spiro atoms. The lowest BCUT2D eigenvalue weighted by Crippen LogP contribution is -2.02. The van der Waals surface area contributed by atoms with Gasteiger partial charge in [-0.25, -0.2) is 0 Å². The van der Waals surface area contributed by atoms with Gasteiger partial charge in [-0.2, -0.15) is 0 Å². The minimum atomic E-state index is 0.225. The van der Waals surface area contributed by atoms with Gasteiger partial charge in [-0.3, -0.25) is 4.79 Å². The maximum absolute atomic E-state index is 11.2. The van der Waals surface area contributed by atoms with E-state index in [1.807, 2.05) is 72.8 Å². The fraction of sp³-hybridized carbons (Fsp3) is 0.0625. The number of carbonyl (C=O) groups is 1. The molecule has 0 bridgehead atoms. The van der Waals surface area contributed by atoms with E-state index in [0.29, 0.717) is 6.42 Å². The van der Waals surface area contributed by atoms with Gasteiger partial charge < -0.3 is 0 Å². The van der Waals surface area contributed by atoms with Crippen LogP contribution < -0.4 is 0 Å². The number of carbonyl (C=O) groups excluding carboxylic acids is 1. The first-order chi connectivity index (χ1) is 8.38. The van der Waals surface area contributed by atoms with Crippen LogP contribution in [0.4, 0.5) is 0 Å². The highest BCUT2D eigenvalue weighted by molar-refractivity contribution is 6.02. The van der Waals surface area contributed by atoms with Crippen molar-refractivity contribution < 1.29 is 4.79 Å². The molecule has 0 unspecified atom stereocenters. The molecule has 84 valence electrons. The molecular formula is C16H14O. The minimum Gasteiger partial charge on any atom is -0.294 e. The molecule has 0 amide bonds. The van der Waals surface area contributed by atoms with Crippen molar-refractivity contribution in [1.82, 2.24) is 0 Å². The van der Waals surface area contributed by atoms with Crippen LogP contribution in [0.1, 0.15) is 22.3 Å². The largest absolute Gasteiger partial charge is 0.294 e. The van der Waals surface area contributed by atoms with Crippen molar-refractivity contribution in [3.8, 4) is 0 Å². The normalized spacial score (nSPS) is 12.4. The highest BCUT2D eigenvalue weighted by atomic mass is 16.1. The summed E-state index contributed by atoms with van der Waals surface area (Å²) in [5.74, 6) is 0.225. The third-order valence-electron chi connectivity index (χ3n) is 2.53. The second kappa shape index (κ2) is 5.80. The van der Waals surface area contributed by atoms with E-state index in [1.54, 1.807) is 0 Å². The number of hydrogen-bond donors (Lipinski definition) is 0. The zero-order chi connectivity index (χ0) is 11.9. The predicted molar refractivity (Wildman–Crippen MR) is 70.9 cm³/mol. The van der Waals surface area contributed by atoms with Crippen molar-refractivity contribution >= 4 is 11.9 Å². The van der Waals surface area contributed by atoms with E-state index in [0.717, 1.165) is 11.1 Å². The van der Waals surface area contributed by atoms with Crippen LogP contribution in [0.25, 0.3) is 6.08 Å². The molecule has 0 aromatic heterocycles. The summed E-state index contributed by atoms with van der Waals surface area (Å²) < 4.78 is 0. The van der Waals surface area contributed by atoms with E-state index < -0.39 is 0 Å². The molecule has 2 aromatic carbocycles. The zero-order valence-electron chi connectivity index (χ0n) is 9.54. The quantitative estimate of drug-likeness (QED) is 0.659. The Kier molecular flexibility index (Phi) is 3.87. The van der Waals surface area contributed by atoms with Crippen molar-refractivity contribution in [2.24, 2.45) is 0 Å². The molecule has 2 aromatic rings. The molecule has 0 heterocycles. The monoisotopic (exact) mass is 222 g/mol. The first-order valence-corrected chi connectivity index (χ1v) is 5.67. The topological polar surface area (TPSA) is 17.1 Å². The maximum Gasteiger partial charge on any atom is 0.167 e. The highest BCUT2D eigenvalue weighted by Crippen LogP contribution is 2.17. The number of fused-ring (bicyclic) bond motifs is 1. The van der Waals surface area contributed by atoms with Crippen LogP contribution in [0.5, 0.6) is 0 Å². The number of allylic oxidation sites excluding steroid dienone is 1. The molecule has 0 fully saturated rings. The third kappa shape index (κ3) is 3.15. The number of Topliss-reactive ketones (excluding diaryl/α,β-unsaturated/α-hetero) is 1. The van der Waals surface area contributed by atoms with Crippen molar-refractivity contribution in [3.63, 3.8) is 0 Å². The summed E-state index contributed by atoms with van der Waals surface area (Å²) in [6, 6.07) is 19.7. The van der Waals surface area contributed by atoms with Gasteiger partial charge in [-0.1, -0.05) is 72.8 Å². The Morgan fingerprint density at radius 2 is 1.35 bits per heavy atom. The van der Waals surface area contributed by atoms with Crippen LogP contribution in [0, 0.1) is 0 Å². The van der Waals surface area contributed by atoms with E-state index in [9.17, 15) is 4.79 Å². The Morgan fingerprint density at radius 3 is 1.94 bits per heavy atom. The van der Waals surface area contributed by atoms with Gasteiger partial charge in [-0.15, -0.1) is 0 Å². The molecule has 0 radical (unpaired) electrons. The average molecular weight is 222 g/mol. The highest BCUT2D eigenvalue weighted by Gasteiger charge is 2.10. The van der Waals surface area contributed by atoms with Crippen LogP contribution in [0.3, 0.4) is 0 Å². The first kappa shape index (κ1) is 11.3. The Balaban J connectivity index is 0.000000153. The molecule has 0 aliphatic heterocycles. The van der Waals surface area contributed by atoms with Gasteiger partial charge in [-0.05, 0) is 5.56 Å². The molecule has 1 nitrogen and oxygen atoms in total. The van der Waals surface area contributed by atoms with E-state index in [2.05, 4.69) is 0 Å². The second-order valence-corrected chi connectivity index (χ2v) is 3.77. The Labute approximate surface area is 101 Å². The lowest BCUT2D eigenvalue weighted by Gasteiger charge is -2.07. The van der Waals surface area contributed by atoms with Gasteiger partial charge in [0.1, 0.15) is 0 Å². The standard InChI is InChI=1S/C10H8O.C6H6/c11-10-7-3-5-8-4-1-2-6-9(8)10;1-2-4-6-5-3-1/h1-6H,7H2;1-6H. The van der Waals surface area contributed by atoms with E-state index >= 15 is 0 Å². The fourth-order valence-electron chi connectivity index (χ4n) is 1.68. The van der Waals surface area contributed by atoms with Gasteiger partial charge in [0.15, 0.2) is 5.78 Å². The molecule has 1 aliphatic carbocycles. The molecular weight excluding hydrogens is 208 g/mol. The van der Waals surface area contributed by atoms with Gasteiger partial charge >= 0.3 is 0 Å². The molecule has 1 heteroatoms. The van der Waals surface area contributed by atoms with Gasteiger partial charge in [0.25, 0.3) is 0 Å². The molecule has 0 saturated heterocycles. The first-order valence-electron chi connectivity index (χ1n) is 5.67. The summed E-state index contributed by atoms with van der Waals surface area (Å²) >= 11 is 0. The summed E-state index contributed by atoms with van der Waals surface area (Å²) in [6.07, 6.45) is 4.46. The summed E-state index contributed by atoms with van der Waals surface area (Å²) in [4.78, 5) is 11.2. The molecule has 17 heavy (non-hydrogen) atoms. The number of hydrogen-bond acceptors (Lipinski definition) is 1. The number of ketones is 1. The lowest BCUT2D eigenvalue weighted by atomic mass is 9.97. The van der Waals surface area contributed by atoms with Gasteiger partial charge in [0, 0.05) is 12.0 Å². The second-order valence-electron chi connectivity index (χ2n) is 3.77. The summed E-state index contributed by atoms with van der Waals surface area (Å²) in [7, 11) is 0. The average Bonchev–Trinajstić information content (AvgIpc) is 2.42. The maximum atomic E-state index is 11.2. The van der Waals surface area contributed by atoms with Crippen LogP contribution in [-0.2, 0) is 0 Å². The molecule has 0 atom stereocenters. The van der Waals surface area contributed by atoms with Gasteiger partial charge in [0.2, 0.25) is 0 Å². The van der Waals surface area contributed by atoms with E-state index in [1.165, 1.54) is 0 Å². The SMILES string of the molecule is O=C1CC=Cc2ccccc21.c1ccccc1. The fourth-order valence-corrected chi connectivity index (χ4v) is 1.68. The van der Waals surface area contributed by atoms with Crippen LogP contribution in [-0.4, -0.2) is 5.78 Å². The Hall–Kier alpha value is -2.15. The summed E-state index contributed by atoms with van der Waals surface area (Å²) in [6.45, 7) is 0. The Morgan fingerprint density at radius 1 is 0.765 bits per heavy atom. The molecule has 0 saturated carbocycles. The van der Waals surface area contributed by atoms with Crippen LogP contribution in [0.15, 0.2) is 66.7 Å². The predicted octanol–water partition coefficient (Wildman–Crippen LogP) is 3.97. The lowest BCUT2D eigenvalue weighted by molar-refractivity contribution is 0.0994. The van der Waals surface area contributed by atoms with Crippen LogP contribution in [0.2, 0.25) is 0 Å². The van der Waals surface area contributed by atoms with Crippen molar-refractivity contribution in [2.45, 2.75) is 6.42 Å². The minimum absolute atomic E-state index is 0.225. The van der Waals surface area contributed by atoms with Crippen LogP contribution >= 0.6 is 0 Å². The summed E-state index contributed by atoms with van der Waals surface area (Å²) in [5.41, 5.74) is 1.90. The summed E-state index contributed by atoms with van der Waals surface area (Å²) in [5, 5.41) is 0. The van der Waals surface area contributed by atoms with Gasteiger partial charge in [0.05, 0.1) is 0 Å².